The van der Waals surface area contributed by atoms with Gasteiger partial charge in [0, 0.05) is 38.4 Å². The van der Waals surface area contributed by atoms with Crippen molar-refractivity contribution in [2.24, 2.45) is 5.92 Å². The molecule has 1 aromatic heterocycles. The molecule has 2 rings (SSSR count). The van der Waals surface area contributed by atoms with Gasteiger partial charge in [-0.05, 0) is 19.3 Å². The number of aryl methyl sites for hydroxylation is 1. The van der Waals surface area contributed by atoms with E-state index in [1.165, 1.54) is 0 Å². The van der Waals surface area contributed by atoms with Crippen molar-refractivity contribution >= 4 is 11.8 Å². The Labute approximate surface area is 125 Å². The number of carbonyl (C=O) groups is 2. The molecule has 2 amide bonds. The van der Waals surface area contributed by atoms with Crippen LogP contribution < -0.4 is 5.32 Å². The molecule has 6 heteroatoms. The van der Waals surface area contributed by atoms with Gasteiger partial charge in [-0.2, -0.15) is 0 Å². The molecule has 0 aliphatic carbocycles. The molecular formula is C15H24N4O2. The quantitative estimate of drug-likeness (QED) is 0.879. The molecule has 1 N–H and O–H groups in total. The summed E-state index contributed by atoms with van der Waals surface area (Å²) in [4.78, 5) is 30.3. The summed E-state index contributed by atoms with van der Waals surface area (Å²) in [7, 11) is 0. The van der Waals surface area contributed by atoms with E-state index in [0.717, 1.165) is 5.82 Å². The summed E-state index contributed by atoms with van der Waals surface area (Å²) in [6, 6.07) is -0.385. The third kappa shape index (κ3) is 4.06. The highest BCUT2D eigenvalue weighted by atomic mass is 16.2. The van der Waals surface area contributed by atoms with Crippen molar-refractivity contribution in [3.05, 3.63) is 18.2 Å². The fourth-order valence-electron chi connectivity index (χ4n) is 2.62. The maximum absolute atomic E-state index is 12.6. The van der Waals surface area contributed by atoms with E-state index in [0.29, 0.717) is 38.4 Å². The van der Waals surface area contributed by atoms with Gasteiger partial charge in [0.1, 0.15) is 11.9 Å². The lowest BCUT2D eigenvalue weighted by atomic mass is 10.0. The highest BCUT2D eigenvalue weighted by Gasteiger charge is 2.29. The Hall–Kier alpha value is -1.85. The number of hydrogen-bond donors (Lipinski definition) is 1. The van der Waals surface area contributed by atoms with Gasteiger partial charge in [-0.25, -0.2) is 4.98 Å². The van der Waals surface area contributed by atoms with E-state index in [2.05, 4.69) is 24.1 Å². The van der Waals surface area contributed by atoms with Crippen LogP contribution in [0.3, 0.4) is 0 Å². The maximum atomic E-state index is 12.6. The summed E-state index contributed by atoms with van der Waals surface area (Å²) >= 11 is 0. The minimum atomic E-state index is -0.385. The monoisotopic (exact) mass is 292 g/mol. The largest absolute Gasteiger partial charge is 0.344 e. The fourth-order valence-corrected chi connectivity index (χ4v) is 2.62. The number of imidazole rings is 1. The summed E-state index contributed by atoms with van der Waals surface area (Å²) in [5, 5.41) is 2.85. The predicted molar refractivity (Wildman–Crippen MR) is 79.5 cm³/mol. The van der Waals surface area contributed by atoms with Gasteiger partial charge in [0.05, 0.1) is 0 Å². The van der Waals surface area contributed by atoms with Gasteiger partial charge in [-0.1, -0.05) is 13.8 Å². The van der Waals surface area contributed by atoms with Crippen LogP contribution in [0, 0.1) is 12.8 Å². The molecule has 2 heterocycles. The zero-order chi connectivity index (χ0) is 15.4. The van der Waals surface area contributed by atoms with Crippen molar-refractivity contribution in [2.45, 2.75) is 46.2 Å². The Balaban J connectivity index is 2.01. The Bertz CT molecular complexity index is 510. The number of hydrogen-bond acceptors (Lipinski definition) is 3. The molecule has 21 heavy (non-hydrogen) atoms. The molecule has 0 spiro atoms. The third-order valence-electron chi connectivity index (χ3n) is 3.80. The van der Waals surface area contributed by atoms with E-state index in [4.69, 9.17) is 0 Å². The summed E-state index contributed by atoms with van der Waals surface area (Å²) in [6.07, 6.45) is 4.73. The highest BCUT2D eigenvalue weighted by molar-refractivity contribution is 5.89. The molecule has 0 radical (unpaired) electrons. The van der Waals surface area contributed by atoms with Crippen LogP contribution in [0.4, 0.5) is 0 Å². The second-order valence-electron chi connectivity index (χ2n) is 5.99. The van der Waals surface area contributed by atoms with Gasteiger partial charge in [-0.3, -0.25) is 9.59 Å². The van der Waals surface area contributed by atoms with Gasteiger partial charge >= 0.3 is 0 Å². The zero-order valence-corrected chi connectivity index (χ0v) is 13.0. The Kier molecular flexibility index (Phi) is 4.98. The average molecular weight is 292 g/mol. The average Bonchev–Trinajstić information content (AvgIpc) is 2.77. The standard InChI is InChI=1S/C15H24N4O2/c1-11(2)10-13-15(21)19(6-4-14(20)17-13)9-8-18-7-5-16-12(18)3/h5,7,11,13H,4,6,8-10H2,1-3H3,(H,17,20). The van der Waals surface area contributed by atoms with Crippen LogP contribution in [0.2, 0.25) is 0 Å². The van der Waals surface area contributed by atoms with Crippen LogP contribution in [0.5, 0.6) is 0 Å². The topological polar surface area (TPSA) is 67.2 Å². The smallest absolute Gasteiger partial charge is 0.245 e. The molecular weight excluding hydrogens is 268 g/mol. The number of nitrogens with one attached hydrogen (secondary N) is 1. The first-order chi connectivity index (χ1) is 9.97. The van der Waals surface area contributed by atoms with Crippen LogP contribution in [-0.2, 0) is 16.1 Å². The molecule has 1 atom stereocenters. The normalized spacial score (nSPS) is 19.8. The molecule has 1 unspecified atom stereocenters. The lowest BCUT2D eigenvalue weighted by molar-refractivity contribution is -0.134. The second-order valence-corrected chi connectivity index (χ2v) is 5.99. The van der Waals surface area contributed by atoms with Crippen LogP contribution in [0.25, 0.3) is 0 Å². The van der Waals surface area contributed by atoms with E-state index in [-0.39, 0.29) is 17.9 Å². The molecule has 0 saturated carbocycles. The Morgan fingerprint density at radius 3 is 2.76 bits per heavy atom. The summed E-state index contributed by atoms with van der Waals surface area (Å²) in [6.45, 7) is 7.87. The Morgan fingerprint density at radius 2 is 2.14 bits per heavy atom. The first-order valence-corrected chi connectivity index (χ1v) is 7.53. The third-order valence-corrected chi connectivity index (χ3v) is 3.80. The molecule has 1 saturated heterocycles. The summed E-state index contributed by atoms with van der Waals surface area (Å²) in [5.41, 5.74) is 0. The number of rotatable bonds is 5. The fraction of sp³-hybridized carbons (Fsp3) is 0.667. The second kappa shape index (κ2) is 6.74. The lowest BCUT2D eigenvalue weighted by Gasteiger charge is -2.25. The molecule has 6 nitrogen and oxygen atoms in total. The van der Waals surface area contributed by atoms with Crippen molar-refractivity contribution in [1.29, 1.82) is 0 Å². The number of amides is 2. The number of aromatic nitrogens is 2. The first-order valence-electron chi connectivity index (χ1n) is 7.53. The minimum Gasteiger partial charge on any atom is -0.344 e. The highest BCUT2D eigenvalue weighted by Crippen LogP contribution is 2.12. The van der Waals surface area contributed by atoms with Crippen LogP contribution in [-0.4, -0.2) is 45.4 Å². The zero-order valence-electron chi connectivity index (χ0n) is 13.0. The van der Waals surface area contributed by atoms with Crippen molar-refractivity contribution in [2.75, 3.05) is 13.1 Å². The SMILES string of the molecule is Cc1nccn1CCN1CCC(=O)NC(CC(C)C)C1=O. The first kappa shape index (κ1) is 15.5. The van der Waals surface area contributed by atoms with Crippen LogP contribution >= 0.6 is 0 Å². The van der Waals surface area contributed by atoms with Crippen molar-refractivity contribution < 1.29 is 9.59 Å². The molecule has 1 fully saturated rings. The van der Waals surface area contributed by atoms with Crippen LogP contribution in [0.1, 0.15) is 32.5 Å². The van der Waals surface area contributed by atoms with Gasteiger partial charge in [0.25, 0.3) is 0 Å². The van der Waals surface area contributed by atoms with E-state index in [9.17, 15) is 9.59 Å². The van der Waals surface area contributed by atoms with E-state index in [1.54, 1.807) is 11.1 Å². The number of nitrogens with zero attached hydrogens (tertiary/aromatic N) is 3. The van der Waals surface area contributed by atoms with E-state index in [1.807, 2.05) is 17.7 Å². The molecule has 0 aromatic carbocycles. The molecule has 1 aliphatic rings. The lowest BCUT2D eigenvalue weighted by Crippen LogP contribution is -2.46. The minimum absolute atomic E-state index is 0.0321. The van der Waals surface area contributed by atoms with Crippen LogP contribution in [0.15, 0.2) is 12.4 Å². The van der Waals surface area contributed by atoms with Gasteiger partial charge in [-0.15, -0.1) is 0 Å². The van der Waals surface area contributed by atoms with Crippen molar-refractivity contribution in [1.82, 2.24) is 19.8 Å². The summed E-state index contributed by atoms with van der Waals surface area (Å²) < 4.78 is 2.02. The van der Waals surface area contributed by atoms with Gasteiger partial charge in [0.15, 0.2) is 0 Å². The van der Waals surface area contributed by atoms with Crippen molar-refractivity contribution in [3.63, 3.8) is 0 Å². The Morgan fingerprint density at radius 1 is 1.38 bits per heavy atom. The van der Waals surface area contributed by atoms with E-state index >= 15 is 0 Å². The van der Waals surface area contributed by atoms with Gasteiger partial charge in [0.2, 0.25) is 11.8 Å². The molecule has 116 valence electrons. The predicted octanol–water partition coefficient (Wildman–Crippen LogP) is 0.955. The van der Waals surface area contributed by atoms with E-state index < -0.39 is 0 Å². The number of carbonyl (C=O) groups excluding carboxylic acids is 2. The molecule has 1 aromatic rings. The molecule has 1 aliphatic heterocycles. The molecule has 0 bridgehead atoms. The maximum Gasteiger partial charge on any atom is 0.245 e. The van der Waals surface area contributed by atoms with Crippen molar-refractivity contribution in [3.8, 4) is 0 Å². The van der Waals surface area contributed by atoms with Gasteiger partial charge < -0.3 is 14.8 Å². The summed E-state index contributed by atoms with van der Waals surface area (Å²) in [5.74, 6) is 1.31.